The van der Waals surface area contributed by atoms with Crippen molar-refractivity contribution in [3.63, 3.8) is 0 Å². The van der Waals surface area contributed by atoms with Gasteiger partial charge in [-0.15, -0.1) is 0 Å². The molecule has 0 atom stereocenters. The van der Waals surface area contributed by atoms with E-state index in [0.29, 0.717) is 0 Å². The summed E-state index contributed by atoms with van der Waals surface area (Å²) in [4.78, 5) is 12.4. The first-order valence-electron chi connectivity index (χ1n) is 10.5. The number of aryl methyl sites for hydroxylation is 2. The topological polar surface area (TPSA) is 50.4 Å². The van der Waals surface area contributed by atoms with Gasteiger partial charge in [0.2, 0.25) is 5.91 Å². The molecule has 2 aromatic carbocycles. The fourth-order valence-electron chi connectivity index (χ4n) is 3.16. The van der Waals surface area contributed by atoms with Crippen LogP contribution in [0.3, 0.4) is 0 Å². The second-order valence-corrected chi connectivity index (χ2v) is 7.15. The van der Waals surface area contributed by atoms with E-state index in [1.807, 2.05) is 43.3 Å². The average molecular weight is 383 g/mol. The second-order valence-electron chi connectivity index (χ2n) is 7.15. The molecule has 2 N–H and O–H groups in total. The predicted molar refractivity (Wildman–Crippen MR) is 118 cm³/mol. The molecule has 1 amide bonds. The number of hydrogen-bond donors (Lipinski definition) is 2. The van der Waals surface area contributed by atoms with E-state index in [9.17, 15) is 4.79 Å². The standard InChI is InChI=1S/C24H34N2O2/c1-4-6-7-8-9-16-28-22-15-11-14-21(17-22)25-18-23(27)26-24-19(3)12-10-13-20(24)5-2/h10-15,17,25H,4-9,16,18H2,1-3H3,(H,26,27). The molecule has 0 saturated heterocycles. The first-order chi connectivity index (χ1) is 13.6. The number of anilines is 2. The van der Waals surface area contributed by atoms with E-state index in [4.69, 9.17) is 4.74 Å². The number of carbonyl (C=O) groups excluding carboxylic acids is 1. The minimum absolute atomic E-state index is 0.0498. The maximum absolute atomic E-state index is 12.4. The van der Waals surface area contributed by atoms with Crippen LogP contribution in [-0.4, -0.2) is 19.1 Å². The van der Waals surface area contributed by atoms with Gasteiger partial charge in [-0.25, -0.2) is 0 Å². The van der Waals surface area contributed by atoms with Crippen molar-refractivity contribution in [1.82, 2.24) is 0 Å². The summed E-state index contributed by atoms with van der Waals surface area (Å²) in [5, 5.41) is 6.23. The largest absolute Gasteiger partial charge is 0.494 e. The zero-order chi connectivity index (χ0) is 20.2. The van der Waals surface area contributed by atoms with Crippen molar-refractivity contribution in [1.29, 1.82) is 0 Å². The fourth-order valence-corrected chi connectivity index (χ4v) is 3.16. The summed E-state index contributed by atoms with van der Waals surface area (Å²) in [5.74, 6) is 0.791. The van der Waals surface area contributed by atoms with Crippen LogP contribution in [0.1, 0.15) is 57.1 Å². The second kappa shape index (κ2) is 12.1. The number of rotatable bonds is 12. The Morgan fingerprint density at radius 1 is 1.00 bits per heavy atom. The van der Waals surface area contributed by atoms with Crippen molar-refractivity contribution in [3.8, 4) is 5.75 Å². The van der Waals surface area contributed by atoms with Gasteiger partial charge >= 0.3 is 0 Å². The van der Waals surface area contributed by atoms with Crippen LogP contribution < -0.4 is 15.4 Å². The molecule has 0 spiro atoms. The van der Waals surface area contributed by atoms with Crippen molar-refractivity contribution in [2.75, 3.05) is 23.8 Å². The van der Waals surface area contributed by atoms with Crippen LogP contribution in [0.15, 0.2) is 42.5 Å². The number of unbranched alkanes of at least 4 members (excludes halogenated alkanes) is 4. The van der Waals surface area contributed by atoms with Gasteiger partial charge in [0.1, 0.15) is 5.75 Å². The summed E-state index contributed by atoms with van der Waals surface area (Å²) in [5.41, 5.74) is 4.06. The van der Waals surface area contributed by atoms with Gasteiger partial charge in [-0.3, -0.25) is 4.79 Å². The summed E-state index contributed by atoms with van der Waals surface area (Å²) < 4.78 is 5.83. The molecule has 0 aromatic heterocycles. The molecule has 0 fully saturated rings. The lowest BCUT2D eigenvalue weighted by Crippen LogP contribution is -2.22. The highest BCUT2D eigenvalue weighted by Crippen LogP contribution is 2.21. The third-order valence-corrected chi connectivity index (χ3v) is 4.81. The summed E-state index contributed by atoms with van der Waals surface area (Å²) in [7, 11) is 0. The number of benzene rings is 2. The van der Waals surface area contributed by atoms with Gasteiger partial charge in [0.15, 0.2) is 0 Å². The number of amides is 1. The Hall–Kier alpha value is -2.49. The lowest BCUT2D eigenvalue weighted by atomic mass is 10.1. The molecule has 4 heteroatoms. The Bertz CT molecular complexity index is 743. The molecule has 0 aliphatic heterocycles. The van der Waals surface area contributed by atoms with Gasteiger partial charge in [-0.1, -0.05) is 63.8 Å². The zero-order valence-electron chi connectivity index (χ0n) is 17.5. The molecule has 0 unspecified atom stereocenters. The predicted octanol–water partition coefficient (Wildman–Crippen LogP) is 5.96. The fraction of sp³-hybridized carbons (Fsp3) is 0.458. The molecule has 0 radical (unpaired) electrons. The lowest BCUT2D eigenvalue weighted by molar-refractivity contribution is -0.114. The molecular formula is C24H34N2O2. The molecule has 0 bridgehead atoms. The number of ether oxygens (including phenoxy) is 1. The Morgan fingerprint density at radius 2 is 1.79 bits per heavy atom. The molecule has 0 aliphatic rings. The normalized spacial score (nSPS) is 10.5. The van der Waals surface area contributed by atoms with Crippen LogP contribution in [0.2, 0.25) is 0 Å². The Labute approximate surface area is 169 Å². The monoisotopic (exact) mass is 382 g/mol. The van der Waals surface area contributed by atoms with Crippen molar-refractivity contribution in [2.45, 2.75) is 59.3 Å². The average Bonchev–Trinajstić information content (AvgIpc) is 2.71. The highest BCUT2D eigenvalue weighted by molar-refractivity contribution is 5.95. The maximum Gasteiger partial charge on any atom is 0.243 e. The maximum atomic E-state index is 12.4. The number of nitrogens with one attached hydrogen (secondary N) is 2. The van der Waals surface area contributed by atoms with Crippen molar-refractivity contribution >= 4 is 17.3 Å². The van der Waals surface area contributed by atoms with Gasteiger partial charge in [-0.05, 0) is 43.0 Å². The van der Waals surface area contributed by atoms with Crippen LogP contribution in [0.25, 0.3) is 0 Å². The Balaban J connectivity index is 1.80. The molecular weight excluding hydrogens is 348 g/mol. The van der Waals surface area contributed by atoms with E-state index in [1.54, 1.807) is 0 Å². The first kappa shape index (κ1) is 21.8. The molecule has 28 heavy (non-hydrogen) atoms. The molecule has 4 nitrogen and oxygen atoms in total. The number of hydrogen-bond acceptors (Lipinski definition) is 3. The first-order valence-corrected chi connectivity index (χ1v) is 10.5. The molecule has 2 aromatic rings. The third-order valence-electron chi connectivity index (χ3n) is 4.81. The van der Waals surface area contributed by atoms with E-state index < -0.39 is 0 Å². The lowest BCUT2D eigenvalue weighted by Gasteiger charge is -2.14. The smallest absolute Gasteiger partial charge is 0.243 e. The Kier molecular flexibility index (Phi) is 9.40. The van der Waals surface area contributed by atoms with E-state index in [2.05, 4.69) is 30.5 Å². The summed E-state index contributed by atoms with van der Waals surface area (Å²) in [6, 6.07) is 13.9. The van der Waals surface area contributed by atoms with Crippen LogP contribution in [0.4, 0.5) is 11.4 Å². The van der Waals surface area contributed by atoms with Gasteiger partial charge in [0, 0.05) is 17.4 Å². The minimum Gasteiger partial charge on any atom is -0.494 e. The Morgan fingerprint density at radius 3 is 2.57 bits per heavy atom. The SMILES string of the molecule is CCCCCCCOc1cccc(NCC(=O)Nc2c(C)cccc2CC)c1. The summed E-state index contributed by atoms with van der Waals surface area (Å²) in [6.45, 7) is 7.29. The van der Waals surface area contributed by atoms with E-state index in [1.165, 1.54) is 25.7 Å². The molecule has 0 heterocycles. The summed E-state index contributed by atoms with van der Waals surface area (Å²) in [6.07, 6.45) is 7.01. The third kappa shape index (κ3) is 7.26. The number of carbonyl (C=O) groups is 1. The van der Waals surface area contributed by atoms with Crippen LogP contribution in [0.5, 0.6) is 5.75 Å². The van der Waals surface area contributed by atoms with Crippen LogP contribution >= 0.6 is 0 Å². The highest BCUT2D eigenvalue weighted by atomic mass is 16.5. The van der Waals surface area contributed by atoms with E-state index >= 15 is 0 Å². The molecule has 0 aliphatic carbocycles. The van der Waals surface area contributed by atoms with Gasteiger partial charge in [0.05, 0.1) is 13.2 Å². The quantitative estimate of drug-likeness (QED) is 0.446. The molecule has 152 valence electrons. The van der Waals surface area contributed by atoms with E-state index in [0.717, 1.165) is 47.7 Å². The van der Waals surface area contributed by atoms with Crippen LogP contribution in [0, 0.1) is 6.92 Å². The zero-order valence-corrected chi connectivity index (χ0v) is 17.5. The van der Waals surface area contributed by atoms with Gasteiger partial charge < -0.3 is 15.4 Å². The molecule has 2 rings (SSSR count). The van der Waals surface area contributed by atoms with Crippen molar-refractivity contribution in [3.05, 3.63) is 53.6 Å². The summed E-state index contributed by atoms with van der Waals surface area (Å²) >= 11 is 0. The van der Waals surface area contributed by atoms with Crippen LogP contribution in [-0.2, 0) is 11.2 Å². The van der Waals surface area contributed by atoms with Gasteiger partial charge in [-0.2, -0.15) is 0 Å². The van der Waals surface area contributed by atoms with Crippen molar-refractivity contribution in [2.24, 2.45) is 0 Å². The van der Waals surface area contributed by atoms with Gasteiger partial charge in [0.25, 0.3) is 0 Å². The minimum atomic E-state index is -0.0498. The van der Waals surface area contributed by atoms with Crippen molar-refractivity contribution < 1.29 is 9.53 Å². The highest BCUT2D eigenvalue weighted by Gasteiger charge is 2.08. The number of para-hydroxylation sites is 1. The molecule has 0 saturated carbocycles. The van der Waals surface area contributed by atoms with E-state index in [-0.39, 0.29) is 12.5 Å².